The quantitative estimate of drug-likeness (QED) is 0.891. The summed E-state index contributed by atoms with van der Waals surface area (Å²) in [6, 6.07) is 4.29. The van der Waals surface area contributed by atoms with Crippen LogP contribution in [0.15, 0.2) is 18.2 Å². The summed E-state index contributed by atoms with van der Waals surface area (Å²) in [5.74, 6) is -0.853. The summed E-state index contributed by atoms with van der Waals surface area (Å²) in [6.45, 7) is 3.02. The van der Waals surface area contributed by atoms with E-state index in [0.717, 1.165) is 0 Å². The van der Waals surface area contributed by atoms with Crippen LogP contribution in [-0.4, -0.2) is 12.3 Å². The molecule has 3 nitrogen and oxygen atoms in total. The molecule has 1 aromatic carbocycles. The van der Waals surface area contributed by atoms with E-state index in [2.05, 4.69) is 10.1 Å². The third kappa shape index (κ3) is 4.34. The lowest BCUT2D eigenvalue weighted by atomic mass is 10.1. The van der Waals surface area contributed by atoms with E-state index >= 15 is 0 Å². The first-order valence-electron chi connectivity index (χ1n) is 4.98. The Bertz CT molecular complexity index is 416. The third-order valence-corrected chi connectivity index (χ3v) is 1.99. The van der Waals surface area contributed by atoms with Crippen LogP contribution in [0.2, 0.25) is 0 Å². The van der Waals surface area contributed by atoms with Crippen LogP contribution in [0.3, 0.4) is 0 Å². The van der Waals surface area contributed by atoms with E-state index in [4.69, 9.17) is 0 Å². The van der Waals surface area contributed by atoms with Gasteiger partial charge < -0.3 is 10.1 Å². The van der Waals surface area contributed by atoms with E-state index in [0.29, 0.717) is 12.0 Å². The number of hydrogen-bond acceptors (Lipinski definition) is 2. The van der Waals surface area contributed by atoms with Gasteiger partial charge in [-0.25, -0.2) is 0 Å². The number of amides is 1. The second-order valence-corrected chi connectivity index (χ2v) is 3.41. The Kier molecular flexibility index (Phi) is 3.98. The van der Waals surface area contributed by atoms with Crippen LogP contribution in [0.5, 0.6) is 5.75 Å². The van der Waals surface area contributed by atoms with E-state index in [1.54, 1.807) is 6.07 Å². The highest BCUT2D eigenvalue weighted by atomic mass is 19.4. The molecule has 1 amide bonds. The van der Waals surface area contributed by atoms with Crippen LogP contribution < -0.4 is 10.1 Å². The van der Waals surface area contributed by atoms with Crippen LogP contribution in [0.25, 0.3) is 0 Å². The van der Waals surface area contributed by atoms with Gasteiger partial charge in [0.2, 0.25) is 5.91 Å². The molecule has 0 bridgehead atoms. The van der Waals surface area contributed by atoms with Gasteiger partial charge in [-0.05, 0) is 24.1 Å². The first kappa shape index (κ1) is 13.3. The number of ether oxygens (including phenoxy) is 1. The van der Waals surface area contributed by atoms with Crippen LogP contribution in [-0.2, 0) is 11.2 Å². The molecule has 94 valence electrons. The van der Waals surface area contributed by atoms with Gasteiger partial charge in [0, 0.05) is 6.92 Å². The first-order chi connectivity index (χ1) is 7.81. The lowest BCUT2D eigenvalue weighted by Gasteiger charge is -2.14. The number of carbonyl (C=O) groups excluding carboxylic acids is 1. The van der Waals surface area contributed by atoms with Crippen molar-refractivity contribution in [3.8, 4) is 5.75 Å². The summed E-state index contributed by atoms with van der Waals surface area (Å²) in [4.78, 5) is 10.8. The van der Waals surface area contributed by atoms with Gasteiger partial charge in [-0.15, -0.1) is 13.2 Å². The van der Waals surface area contributed by atoms with E-state index in [9.17, 15) is 18.0 Å². The monoisotopic (exact) mass is 247 g/mol. The fourth-order valence-electron chi connectivity index (χ4n) is 1.29. The minimum Gasteiger partial charge on any atom is -0.404 e. The number of halogens is 3. The maximum atomic E-state index is 12.2. The lowest BCUT2D eigenvalue weighted by molar-refractivity contribution is -0.274. The molecule has 6 heteroatoms. The van der Waals surface area contributed by atoms with E-state index in [1.807, 2.05) is 6.92 Å². The topological polar surface area (TPSA) is 38.3 Å². The molecule has 1 N–H and O–H groups in total. The summed E-state index contributed by atoms with van der Waals surface area (Å²) in [7, 11) is 0. The Morgan fingerprint density at radius 1 is 1.41 bits per heavy atom. The van der Waals surface area contributed by atoms with Crippen molar-refractivity contribution < 1.29 is 22.7 Å². The van der Waals surface area contributed by atoms with Gasteiger partial charge in [0.1, 0.15) is 0 Å². The largest absolute Gasteiger partial charge is 0.573 e. The highest BCUT2D eigenvalue weighted by molar-refractivity contribution is 5.90. The molecular formula is C11H12F3NO2. The zero-order valence-electron chi connectivity index (χ0n) is 9.39. The Balaban J connectivity index is 3.07. The number of alkyl halides is 3. The molecule has 0 aliphatic carbocycles. The van der Waals surface area contributed by atoms with E-state index in [-0.39, 0.29) is 5.69 Å². The maximum Gasteiger partial charge on any atom is 0.573 e. The predicted octanol–water partition coefficient (Wildman–Crippen LogP) is 3.11. The van der Waals surface area contributed by atoms with Gasteiger partial charge in [0.05, 0.1) is 5.69 Å². The molecule has 0 atom stereocenters. The van der Waals surface area contributed by atoms with Gasteiger partial charge in [0.15, 0.2) is 5.75 Å². The molecule has 0 aromatic heterocycles. The second-order valence-electron chi connectivity index (χ2n) is 3.41. The number of benzene rings is 1. The lowest BCUT2D eigenvalue weighted by Crippen LogP contribution is -2.19. The average Bonchev–Trinajstić information content (AvgIpc) is 2.17. The van der Waals surface area contributed by atoms with Gasteiger partial charge in [-0.2, -0.15) is 0 Å². The van der Waals surface area contributed by atoms with Gasteiger partial charge >= 0.3 is 6.36 Å². The summed E-state index contributed by atoms with van der Waals surface area (Å²) < 4.78 is 40.3. The Hall–Kier alpha value is -1.72. The van der Waals surface area contributed by atoms with E-state index < -0.39 is 18.0 Å². The normalized spacial score (nSPS) is 11.1. The molecule has 1 rings (SSSR count). The Labute approximate surface area is 96.6 Å². The molecule has 0 saturated heterocycles. The van der Waals surface area contributed by atoms with Crippen LogP contribution in [0.1, 0.15) is 19.4 Å². The molecule has 0 radical (unpaired) electrons. The van der Waals surface area contributed by atoms with Crippen molar-refractivity contribution in [3.63, 3.8) is 0 Å². The summed E-state index contributed by atoms with van der Waals surface area (Å²) in [5.41, 5.74) is 0.699. The number of nitrogens with one attached hydrogen (secondary N) is 1. The van der Waals surface area contributed by atoms with Crippen molar-refractivity contribution in [2.75, 3.05) is 5.32 Å². The average molecular weight is 247 g/mol. The number of aryl methyl sites for hydroxylation is 1. The predicted molar refractivity (Wildman–Crippen MR) is 56.8 cm³/mol. The summed E-state index contributed by atoms with van der Waals surface area (Å²) in [5, 5.41) is 2.28. The molecule has 0 aliphatic rings. The molecular weight excluding hydrogens is 235 g/mol. The fourth-order valence-corrected chi connectivity index (χ4v) is 1.29. The SMILES string of the molecule is CCc1ccc(NC(C)=O)c(OC(F)(F)F)c1. The van der Waals surface area contributed by atoms with Crippen molar-refractivity contribution in [1.29, 1.82) is 0 Å². The summed E-state index contributed by atoms with van der Waals surface area (Å²) in [6.07, 6.45) is -4.20. The number of anilines is 1. The van der Waals surface area contributed by atoms with Gasteiger partial charge in [-0.1, -0.05) is 13.0 Å². The van der Waals surface area contributed by atoms with Gasteiger partial charge in [0.25, 0.3) is 0 Å². The van der Waals surface area contributed by atoms with E-state index in [1.165, 1.54) is 19.1 Å². The zero-order chi connectivity index (χ0) is 13.1. The van der Waals surface area contributed by atoms with Crippen LogP contribution in [0, 0.1) is 0 Å². The smallest absolute Gasteiger partial charge is 0.404 e. The molecule has 0 unspecified atom stereocenters. The Morgan fingerprint density at radius 3 is 2.53 bits per heavy atom. The molecule has 0 saturated carbocycles. The number of rotatable bonds is 3. The van der Waals surface area contributed by atoms with Crippen molar-refractivity contribution in [1.82, 2.24) is 0 Å². The first-order valence-corrected chi connectivity index (χ1v) is 4.98. The number of carbonyl (C=O) groups is 1. The third-order valence-electron chi connectivity index (χ3n) is 1.99. The zero-order valence-corrected chi connectivity index (χ0v) is 9.39. The molecule has 0 fully saturated rings. The van der Waals surface area contributed by atoms with Crippen LogP contribution >= 0.6 is 0 Å². The number of hydrogen-bond donors (Lipinski definition) is 1. The van der Waals surface area contributed by atoms with Crippen LogP contribution in [0.4, 0.5) is 18.9 Å². The fraction of sp³-hybridized carbons (Fsp3) is 0.364. The molecule has 0 aliphatic heterocycles. The van der Waals surface area contributed by atoms with Gasteiger partial charge in [-0.3, -0.25) is 4.79 Å². The summed E-state index contributed by atoms with van der Waals surface area (Å²) >= 11 is 0. The minimum atomic E-state index is -4.78. The maximum absolute atomic E-state index is 12.2. The molecule has 0 heterocycles. The molecule has 0 spiro atoms. The highest BCUT2D eigenvalue weighted by Gasteiger charge is 2.32. The standard InChI is InChI=1S/C11H12F3NO2/c1-3-8-4-5-9(15-7(2)16)10(6-8)17-11(12,13)14/h4-6H,3H2,1-2H3,(H,15,16). The highest BCUT2D eigenvalue weighted by Crippen LogP contribution is 2.31. The van der Waals surface area contributed by atoms with Crippen molar-refractivity contribution in [2.45, 2.75) is 26.6 Å². The van der Waals surface area contributed by atoms with Crippen molar-refractivity contribution in [2.24, 2.45) is 0 Å². The molecule has 17 heavy (non-hydrogen) atoms. The van der Waals surface area contributed by atoms with Crippen molar-refractivity contribution >= 4 is 11.6 Å². The second kappa shape index (κ2) is 5.07. The Morgan fingerprint density at radius 2 is 2.06 bits per heavy atom. The molecule has 1 aromatic rings. The van der Waals surface area contributed by atoms with Crippen molar-refractivity contribution in [3.05, 3.63) is 23.8 Å². The minimum absolute atomic E-state index is 0.00650.